The minimum absolute atomic E-state index is 0.0338. The standard InChI is InChI=1S/C25H44O2/c1-11-25(18-13-15(2)12-17-16(3)20(25)19(17)18)27-21(26)24(10,23(7,8)9)14-22(4,5)6/h12,15-16,18-21,26H,11,13-14H2,1-10H3. The Hall–Kier alpha value is -0.340. The first kappa shape index (κ1) is 21.4. The van der Waals surface area contributed by atoms with Gasteiger partial charge in [0.2, 0.25) is 0 Å². The summed E-state index contributed by atoms with van der Waals surface area (Å²) in [4.78, 5) is 0. The lowest BCUT2D eigenvalue weighted by Gasteiger charge is -2.73. The molecule has 0 radical (unpaired) electrons. The van der Waals surface area contributed by atoms with Gasteiger partial charge in [0, 0.05) is 11.3 Å². The zero-order valence-electron chi connectivity index (χ0n) is 19.5. The normalized spacial score (nSPS) is 41.6. The number of hydrogen-bond acceptors (Lipinski definition) is 2. The van der Waals surface area contributed by atoms with Crippen LogP contribution in [0.3, 0.4) is 0 Å². The van der Waals surface area contributed by atoms with Crippen molar-refractivity contribution in [1.29, 1.82) is 0 Å². The third-order valence-electron chi connectivity index (χ3n) is 8.60. The Morgan fingerprint density at radius 1 is 1.15 bits per heavy atom. The molecule has 0 spiro atoms. The minimum atomic E-state index is -0.727. The average Bonchev–Trinajstić information content (AvgIpc) is 2.49. The van der Waals surface area contributed by atoms with Gasteiger partial charge in [-0.3, -0.25) is 0 Å². The van der Waals surface area contributed by atoms with Crippen molar-refractivity contribution in [3.63, 3.8) is 0 Å². The van der Waals surface area contributed by atoms with Crippen molar-refractivity contribution in [1.82, 2.24) is 0 Å². The van der Waals surface area contributed by atoms with E-state index in [9.17, 15) is 5.11 Å². The Morgan fingerprint density at radius 3 is 2.22 bits per heavy atom. The van der Waals surface area contributed by atoms with Crippen molar-refractivity contribution in [2.45, 2.75) is 100 Å². The molecule has 3 aliphatic carbocycles. The highest BCUT2D eigenvalue weighted by atomic mass is 16.6. The van der Waals surface area contributed by atoms with Gasteiger partial charge in [-0.2, -0.15) is 0 Å². The lowest BCUT2D eigenvalue weighted by Crippen LogP contribution is -2.74. The largest absolute Gasteiger partial charge is 0.367 e. The predicted molar refractivity (Wildman–Crippen MR) is 113 cm³/mol. The second-order valence-corrected chi connectivity index (χ2v) is 12.5. The summed E-state index contributed by atoms with van der Waals surface area (Å²) in [6, 6.07) is 0. The highest BCUT2D eigenvalue weighted by Crippen LogP contribution is 2.72. The fourth-order valence-corrected chi connectivity index (χ4v) is 6.87. The van der Waals surface area contributed by atoms with Crippen molar-refractivity contribution in [2.75, 3.05) is 0 Å². The van der Waals surface area contributed by atoms with Gasteiger partial charge in [0.15, 0.2) is 6.29 Å². The van der Waals surface area contributed by atoms with Crippen LogP contribution in [0.25, 0.3) is 0 Å². The maximum Gasteiger partial charge on any atom is 0.161 e. The van der Waals surface area contributed by atoms with Gasteiger partial charge >= 0.3 is 0 Å². The Labute approximate surface area is 168 Å². The predicted octanol–water partition coefficient (Wildman–Crippen LogP) is 6.44. The summed E-state index contributed by atoms with van der Waals surface area (Å²) in [6.07, 6.45) is 4.96. The molecular weight excluding hydrogens is 332 g/mol. The molecule has 2 fully saturated rings. The van der Waals surface area contributed by atoms with E-state index in [1.54, 1.807) is 5.57 Å². The number of aliphatic hydroxyl groups excluding tert-OH is 1. The van der Waals surface area contributed by atoms with E-state index in [4.69, 9.17) is 4.74 Å². The van der Waals surface area contributed by atoms with Crippen LogP contribution in [0, 0.1) is 45.8 Å². The van der Waals surface area contributed by atoms with E-state index >= 15 is 0 Å². The molecule has 0 saturated heterocycles. The van der Waals surface area contributed by atoms with Crippen molar-refractivity contribution >= 4 is 0 Å². The molecule has 3 aliphatic rings. The van der Waals surface area contributed by atoms with Gasteiger partial charge in [-0.1, -0.05) is 80.9 Å². The zero-order valence-corrected chi connectivity index (χ0v) is 19.5. The van der Waals surface area contributed by atoms with E-state index in [-0.39, 0.29) is 21.8 Å². The Balaban J connectivity index is 1.89. The number of aliphatic hydroxyl groups is 1. The number of hydrogen-bond donors (Lipinski definition) is 1. The first-order valence-corrected chi connectivity index (χ1v) is 11.3. The van der Waals surface area contributed by atoms with E-state index in [0.29, 0.717) is 23.7 Å². The van der Waals surface area contributed by atoms with Crippen LogP contribution in [-0.4, -0.2) is 17.0 Å². The number of allylic oxidation sites excluding steroid dienone is 2. The molecule has 0 aliphatic heterocycles. The molecule has 0 aromatic rings. The first-order valence-electron chi connectivity index (χ1n) is 11.3. The van der Waals surface area contributed by atoms with Crippen molar-refractivity contribution in [3.05, 3.63) is 11.6 Å². The molecular formula is C25H44O2. The molecule has 1 N–H and O–H groups in total. The van der Waals surface area contributed by atoms with Crippen molar-refractivity contribution in [3.8, 4) is 0 Å². The lowest BCUT2D eigenvalue weighted by molar-refractivity contribution is -0.351. The van der Waals surface area contributed by atoms with Gasteiger partial charge in [0.25, 0.3) is 0 Å². The third kappa shape index (κ3) is 3.05. The van der Waals surface area contributed by atoms with Crippen LogP contribution in [0.1, 0.15) is 88.5 Å². The summed E-state index contributed by atoms with van der Waals surface area (Å²) in [6.45, 7) is 22.8. The van der Waals surface area contributed by atoms with Gasteiger partial charge in [-0.15, -0.1) is 0 Å². The van der Waals surface area contributed by atoms with Gasteiger partial charge in [0.05, 0.1) is 5.60 Å². The first-order chi connectivity index (χ1) is 12.2. The molecule has 0 bridgehead atoms. The van der Waals surface area contributed by atoms with E-state index in [1.165, 1.54) is 6.42 Å². The Morgan fingerprint density at radius 2 is 1.74 bits per heavy atom. The summed E-state index contributed by atoms with van der Waals surface area (Å²) < 4.78 is 6.83. The fraction of sp³-hybridized carbons (Fsp3) is 0.920. The van der Waals surface area contributed by atoms with Crippen LogP contribution in [0.5, 0.6) is 0 Å². The van der Waals surface area contributed by atoms with E-state index < -0.39 is 6.29 Å². The molecule has 0 aromatic carbocycles. The molecule has 0 aromatic heterocycles. The molecule has 0 amide bonds. The summed E-state index contributed by atoms with van der Waals surface area (Å²) in [7, 11) is 0. The van der Waals surface area contributed by atoms with Crippen LogP contribution in [0.15, 0.2) is 11.6 Å². The van der Waals surface area contributed by atoms with Gasteiger partial charge < -0.3 is 9.84 Å². The van der Waals surface area contributed by atoms with Crippen LogP contribution >= 0.6 is 0 Å². The van der Waals surface area contributed by atoms with E-state index in [2.05, 4.69) is 75.3 Å². The number of ether oxygens (including phenoxy) is 1. The smallest absolute Gasteiger partial charge is 0.161 e. The van der Waals surface area contributed by atoms with Gasteiger partial charge in [0.1, 0.15) is 0 Å². The van der Waals surface area contributed by atoms with Crippen LogP contribution in [0.2, 0.25) is 0 Å². The third-order valence-corrected chi connectivity index (χ3v) is 8.60. The number of rotatable bonds is 5. The summed E-state index contributed by atoms with van der Waals surface area (Å²) >= 11 is 0. The average molecular weight is 377 g/mol. The lowest BCUT2D eigenvalue weighted by atomic mass is 9.35. The fourth-order valence-electron chi connectivity index (χ4n) is 6.87. The summed E-state index contributed by atoms with van der Waals surface area (Å²) in [5, 5.41) is 11.5. The maximum absolute atomic E-state index is 11.5. The molecule has 2 saturated carbocycles. The summed E-state index contributed by atoms with van der Waals surface area (Å²) in [5.41, 5.74) is 1.37. The second-order valence-electron chi connectivity index (χ2n) is 12.5. The van der Waals surface area contributed by atoms with Gasteiger partial charge in [-0.05, 0) is 53.8 Å². The molecule has 0 heterocycles. The molecule has 3 rings (SSSR count). The highest BCUT2D eigenvalue weighted by Gasteiger charge is 2.72. The topological polar surface area (TPSA) is 29.5 Å². The van der Waals surface area contributed by atoms with Crippen LogP contribution in [-0.2, 0) is 4.74 Å². The van der Waals surface area contributed by atoms with Crippen LogP contribution in [0.4, 0.5) is 0 Å². The maximum atomic E-state index is 11.5. The minimum Gasteiger partial charge on any atom is -0.367 e. The second kappa shape index (κ2) is 6.33. The molecule has 8 atom stereocenters. The van der Waals surface area contributed by atoms with E-state index in [1.807, 2.05) is 0 Å². The monoisotopic (exact) mass is 376 g/mol. The molecule has 27 heavy (non-hydrogen) atoms. The van der Waals surface area contributed by atoms with E-state index in [0.717, 1.165) is 18.8 Å². The SMILES string of the molecule is CCC1(OC(O)C(C)(CC(C)(C)C)C(C)(C)C)C2CC(C)C=C3C(C)C1C32. The van der Waals surface area contributed by atoms with Crippen LogP contribution < -0.4 is 0 Å². The molecule has 2 heteroatoms. The highest BCUT2D eigenvalue weighted by molar-refractivity contribution is 5.38. The zero-order chi connectivity index (χ0) is 20.6. The molecule has 156 valence electrons. The Bertz CT molecular complexity index is 607. The van der Waals surface area contributed by atoms with Gasteiger partial charge in [-0.25, -0.2) is 0 Å². The summed E-state index contributed by atoms with van der Waals surface area (Å²) in [5.74, 6) is 3.17. The Kier molecular flexibility index (Phi) is 5.01. The van der Waals surface area contributed by atoms with Crippen molar-refractivity contribution in [2.24, 2.45) is 45.8 Å². The molecule has 2 nitrogen and oxygen atoms in total. The molecule has 8 unspecified atom stereocenters. The van der Waals surface area contributed by atoms with Crippen molar-refractivity contribution < 1.29 is 9.84 Å². The quantitative estimate of drug-likeness (QED) is 0.442.